The van der Waals surface area contributed by atoms with E-state index in [1.54, 1.807) is 4.90 Å². The van der Waals surface area contributed by atoms with Gasteiger partial charge in [0.1, 0.15) is 0 Å². The van der Waals surface area contributed by atoms with Crippen molar-refractivity contribution in [1.29, 1.82) is 0 Å². The number of carbonyl (C=O) groups excluding carboxylic acids is 1. The lowest BCUT2D eigenvalue weighted by molar-refractivity contribution is -0.141. The lowest BCUT2D eigenvalue weighted by Crippen LogP contribution is -2.49. The zero-order valence-corrected chi connectivity index (χ0v) is 13.5. The van der Waals surface area contributed by atoms with Gasteiger partial charge >= 0.3 is 0 Å². The Morgan fingerprint density at radius 2 is 2.23 bits per heavy atom. The number of aromatic amines is 1. The molecule has 1 saturated heterocycles. The van der Waals surface area contributed by atoms with Crippen molar-refractivity contribution in [2.45, 2.75) is 44.8 Å². The summed E-state index contributed by atoms with van der Waals surface area (Å²) < 4.78 is 0. The van der Waals surface area contributed by atoms with Crippen LogP contribution in [0.2, 0.25) is 0 Å². The average molecular weight is 306 g/mol. The highest BCUT2D eigenvalue weighted by Gasteiger charge is 2.34. The monoisotopic (exact) mass is 306 g/mol. The fraction of sp³-hybridized carbons (Fsp3) is 0.750. The number of nitrogens with zero attached hydrogens (tertiary/aromatic N) is 3. The van der Waals surface area contributed by atoms with Crippen molar-refractivity contribution < 1.29 is 9.90 Å². The predicted molar refractivity (Wildman–Crippen MR) is 83.3 cm³/mol. The van der Waals surface area contributed by atoms with Gasteiger partial charge in [-0.1, -0.05) is 0 Å². The number of piperidine rings is 1. The third-order valence-corrected chi connectivity index (χ3v) is 5.00. The Morgan fingerprint density at radius 1 is 1.45 bits per heavy atom. The molecule has 6 nitrogen and oxygen atoms in total. The van der Waals surface area contributed by atoms with Crippen molar-refractivity contribution in [3.05, 3.63) is 17.0 Å². The van der Waals surface area contributed by atoms with Crippen LogP contribution in [-0.2, 0) is 24.2 Å². The minimum atomic E-state index is -0.528. The van der Waals surface area contributed by atoms with E-state index in [4.69, 9.17) is 0 Å². The average Bonchev–Trinajstić information content (AvgIpc) is 2.92. The molecule has 0 spiro atoms. The molecule has 2 heterocycles. The van der Waals surface area contributed by atoms with Crippen LogP contribution in [0, 0.1) is 5.92 Å². The smallest absolute Gasteiger partial charge is 0.229 e. The number of aliphatic hydroxyl groups excluding tert-OH is 1. The molecule has 1 fully saturated rings. The highest BCUT2D eigenvalue weighted by atomic mass is 16.3. The second-order valence-electron chi connectivity index (χ2n) is 6.75. The van der Waals surface area contributed by atoms with E-state index in [2.05, 4.69) is 15.1 Å². The molecular formula is C16H26N4O2. The number of amides is 1. The largest absolute Gasteiger partial charge is 0.392 e. The molecular weight excluding hydrogens is 280 g/mol. The summed E-state index contributed by atoms with van der Waals surface area (Å²) in [7, 11) is 3.81. The van der Waals surface area contributed by atoms with E-state index < -0.39 is 6.10 Å². The van der Waals surface area contributed by atoms with E-state index in [0.29, 0.717) is 19.5 Å². The van der Waals surface area contributed by atoms with Gasteiger partial charge in [0.05, 0.1) is 24.3 Å². The van der Waals surface area contributed by atoms with Crippen LogP contribution in [0.15, 0.2) is 0 Å². The Kier molecular flexibility index (Phi) is 4.49. The second-order valence-corrected chi connectivity index (χ2v) is 6.75. The Morgan fingerprint density at radius 3 is 3.05 bits per heavy atom. The molecule has 1 aliphatic carbocycles. The van der Waals surface area contributed by atoms with Crippen molar-refractivity contribution >= 4 is 5.91 Å². The van der Waals surface area contributed by atoms with Gasteiger partial charge in [-0.15, -0.1) is 0 Å². The van der Waals surface area contributed by atoms with E-state index in [0.717, 1.165) is 25.1 Å². The van der Waals surface area contributed by atoms with Crippen LogP contribution in [0.3, 0.4) is 0 Å². The number of hydrogen-bond acceptors (Lipinski definition) is 4. The van der Waals surface area contributed by atoms with Gasteiger partial charge in [-0.05, 0) is 44.7 Å². The number of aryl methyl sites for hydroxylation is 1. The van der Waals surface area contributed by atoms with E-state index in [9.17, 15) is 9.90 Å². The molecule has 0 radical (unpaired) electrons. The number of fused-ring (bicyclic) bond motifs is 1. The van der Waals surface area contributed by atoms with Crippen molar-refractivity contribution in [2.75, 3.05) is 27.2 Å². The van der Waals surface area contributed by atoms with Crippen molar-refractivity contribution in [2.24, 2.45) is 5.92 Å². The van der Waals surface area contributed by atoms with Crippen LogP contribution in [-0.4, -0.2) is 64.3 Å². The van der Waals surface area contributed by atoms with Gasteiger partial charge in [-0.2, -0.15) is 5.10 Å². The first kappa shape index (κ1) is 15.5. The molecule has 0 aromatic carbocycles. The van der Waals surface area contributed by atoms with Gasteiger partial charge < -0.3 is 14.9 Å². The van der Waals surface area contributed by atoms with Gasteiger partial charge in [-0.3, -0.25) is 9.89 Å². The summed E-state index contributed by atoms with van der Waals surface area (Å²) in [6.07, 6.45) is 4.66. The number of rotatable bonds is 3. The number of hydrogen-bond donors (Lipinski definition) is 2. The number of likely N-dealkylation sites (tertiary alicyclic amines) is 1. The number of H-pyrrole nitrogens is 1. The molecule has 6 heteroatoms. The lowest BCUT2D eigenvalue weighted by Gasteiger charge is -2.35. The molecule has 1 aromatic heterocycles. The minimum absolute atomic E-state index is 0.0200. The molecule has 1 aromatic rings. The summed E-state index contributed by atoms with van der Waals surface area (Å²) in [5.41, 5.74) is 3.52. The summed E-state index contributed by atoms with van der Waals surface area (Å²) >= 11 is 0. The molecule has 3 rings (SSSR count). The third-order valence-electron chi connectivity index (χ3n) is 5.00. The first-order valence-electron chi connectivity index (χ1n) is 8.23. The summed E-state index contributed by atoms with van der Waals surface area (Å²) in [5, 5.41) is 17.7. The van der Waals surface area contributed by atoms with Crippen molar-refractivity contribution in [3.8, 4) is 0 Å². The number of carbonyl (C=O) groups is 1. The first-order valence-corrected chi connectivity index (χ1v) is 8.23. The summed E-state index contributed by atoms with van der Waals surface area (Å²) in [6.45, 7) is 2.00. The van der Waals surface area contributed by atoms with Crippen LogP contribution in [0.4, 0.5) is 0 Å². The van der Waals surface area contributed by atoms with Crippen molar-refractivity contribution in [1.82, 2.24) is 20.0 Å². The summed E-state index contributed by atoms with van der Waals surface area (Å²) in [5.74, 6) is -0.301. The Bertz CT molecular complexity index is 542. The molecule has 1 aliphatic heterocycles. The fourth-order valence-corrected chi connectivity index (χ4v) is 3.61. The Balaban J connectivity index is 1.67. The molecule has 22 heavy (non-hydrogen) atoms. The summed E-state index contributed by atoms with van der Waals surface area (Å²) in [4.78, 5) is 16.5. The van der Waals surface area contributed by atoms with Gasteiger partial charge in [0.15, 0.2) is 0 Å². The quantitative estimate of drug-likeness (QED) is 0.856. The fourth-order valence-electron chi connectivity index (χ4n) is 3.61. The zero-order valence-electron chi connectivity index (χ0n) is 13.5. The van der Waals surface area contributed by atoms with Crippen LogP contribution >= 0.6 is 0 Å². The number of nitrogens with one attached hydrogen (secondary N) is 1. The maximum atomic E-state index is 12.6. The minimum Gasteiger partial charge on any atom is -0.392 e. The Labute approximate surface area is 131 Å². The second kappa shape index (κ2) is 6.38. The van der Waals surface area contributed by atoms with Crippen LogP contribution in [0.1, 0.15) is 36.2 Å². The number of aromatic nitrogens is 2. The molecule has 2 atom stereocenters. The van der Waals surface area contributed by atoms with Gasteiger partial charge in [0, 0.05) is 25.8 Å². The normalized spacial score (nSPS) is 25.8. The zero-order chi connectivity index (χ0) is 15.7. The van der Waals surface area contributed by atoms with E-state index in [1.807, 2.05) is 14.1 Å². The predicted octanol–water partition coefficient (Wildman–Crippen LogP) is 0.559. The van der Waals surface area contributed by atoms with Gasteiger partial charge in [0.2, 0.25) is 5.91 Å². The van der Waals surface area contributed by atoms with Gasteiger partial charge in [-0.25, -0.2) is 0 Å². The third kappa shape index (κ3) is 3.03. The topological polar surface area (TPSA) is 72.5 Å². The SMILES string of the molecule is CN1CC[C@@H](O)[C@H](C(=O)N(C)Cc2n[nH]c3c2CCCC3)C1. The number of aliphatic hydroxyl groups is 1. The van der Waals surface area contributed by atoms with Crippen LogP contribution in [0.25, 0.3) is 0 Å². The maximum Gasteiger partial charge on any atom is 0.229 e. The highest BCUT2D eigenvalue weighted by Crippen LogP contribution is 2.24. The van der Waals surface area contributed by atoms with E-state index >= 15 is 0 Å². The van der Waals surface area contributed by atoms with Gasteiger partial charge in [0.25, 0.3) is 0 Å². The Hall–Kier alpha value is -1.40. The van der Waals surface area contributed by atoms with Crippen molar-refractivity contribution in [3.63, 3.8) is 0 Å². The molecule has 122 valence electrons. The van der Waals surface area contributed by atoms with Crippen LogP contribution < -0.4 is 0 Å². The molecule has 0 bridgehead atoms. The molecule has 1 amide bonds. The maximum absolute atomic E-state index is 12.6. The molecule has 0 unspecified atom stereocenters. The molecule has 2 aliphatic rings. The van der Waals surface area contributed by atoms with E-state index in [-0.39, 0.29) is 11.8 Å². The van der Waals surface area contributed by atoms with E-state index in [1.165, 1.54) is 24.1 Å². The van der Waals surface area contributed by atoms with Crippen LogP contribution in [0.5, 0.6) is 0 Å². The lowest BCUT2D eigenvalue weighted by atomic mass is 9.93. The summed E-state index contributed by atoms with van der Waals surface area (Å²) in [6, 6.07) is 0. The standard InChI is InChI=1S/C16H26N4O2/c1-19-8-7-15(21)12(9-19)16(22)20(2)10-14-11-5-3-4-6-13(11)17-18-14/h12,15,21H,3-10H2,1-2H3,(H,17,18)/t12-,15-/m1/s1. The first-order chi connectivity index (χ1) is 10.6. The molecule has 2 N–H and O–H groups in total. The molecule has 0 saturated carbocycles. The highest BCUT2D eigenvalue weighted by molar-refractivity contribution is 5.79.